The average Bonchev–Trinajstić information content (AvgIpc) is 3.44. The summed E-state index contributed by atoms with van der Waals surface area (Å²) < 4.78 is 5.67. The van der Waals surface area contributed by atoms with Crippen LogP contribution in [0.2, 0.25) is 0 Å². The zero-order chi connectivity index (χ0) is 23.7. The summed E-state index contributed by atoms with van der Waals surface area (Å²) in [6.45, 7) is 0.683. The van der Waals surface area contributed by atoms with E-state index in [0.29, 0.717) is 25.8 Å². The Morgan fingerprint density at radius 1 is 0.912 bits per heavy atom. The molecule has 178 valence electrons. The van der Waals surface area contributed by atoms with Crippen LogP contribution in [0.15, 0.2) is 48.5 Å². The highest BCUT2D eigenvalue weighted by Gasteiger charge is 2.41. The van der Waals surface area contributed by atoms with E-state index in [0.717, 1.165) is 30.4 Å². The maximum Gasteiger partial charge on any atom is 0.407 e. The minimum Gasteiger partial charge on any atom is -0.480 e. The molecule has 2 aromatic carbocycles. The van der Waals surface area contributed by atoms with Gasteiger partial charge in [0.05, 0.1) is 5.92 Å². The van der Waals surface area contributed by atoms with Gasteiger partial charge in [0.25, 0.3) is 0 Å². The van der Waals surface area contributed by atoms with Gasteiger partial charge < -0.3 is 20.1 Å². The smallest absolute Gasteiger partial charge is 0.407 e. The van der Waals surface area contributed by atoms with Gasteiger partial charge in [0.1, 0.15) is 12.6 Å². The molecule has 0 aromatic heterocycles. The Morgan fingerprint density at radius 2 is 1.59 bits per heavy atom. The number of carbonyl (C=O) groups excluding carboxylic acids is 2. The number of carboxylic acids is 1. The summed E-state index contributed by atoms with van der Waals surface area (Å²) in [5.41, 5.74) is 4.64. The Balaban J connectivity index is 1.23. The number of nitrogens with one attached hydrogen (secondary N) is 1. The lowest BCUT2D eigenvalue weighted by Gasteiger charge is -2.36. The van der Waals surface area contributed by atoms with Crippen molar-refractivity contribution in [2.45, 2.75) is 56.5 Å². The van der Waals surface area contributed by atoms with E-state index in [1.54, 1.807) is 0 Å². The average molecular weight is 463 g/mol. The van der Waals surface area contributed by atoms with Crippen LogP contribution in [0.1, 0.15) is 55.6 Å². The van der Waals surface area contributed by atoms with Gasteiger partial charge in [0, 0.05) is 18.5 Å². The fraction of sp³-hybridized carbons (Fsp3) is 0.444. The van der Waals surface area contributed by atoms with Crippen LogP contribution in [0.3, 0.4) is 0 Å². The molecule has 34 heavy (non-hydrogen) atoms. The third kappa shape index (κ3) is 4.15. The number of fused-ring (bicyclic) bond motifs is 3. The molecule has 1 saturated heterocycles. The van der Waals surface area contributed by atoms with E-state index in [1.807, 2.05) is 24.3 Å². The quantitative estimate of drug-likeness (QED) is 0.696. The lowest BCUT2D eigenvalue weighted by atomic mass is 9.96. The van der Waals surface area contributed by atoms with E-state index in [2.05, 4.69) is 29.6 Å². The van der Waals surface area contributed by atoms with Gasteiger partial charge in [-0.2, -0.15) is 0 Å². The first kappa shape index (κ1) is 22.4. The molecule has 0 bridgehead atoms. The number of likely N-dealkylation sites (tertiary alicyclic amines) is 1. The molecule has 5 rings (SSSR count). The first-order valence-electron chi connectivity index (χ1n) is 12.2. The lowest BCUT2D eigenvalue weighted by molar-refractivity contribution is -0.154. The molecule has 2 aliphatic carbocycles. The molecule has 1 unspecified atom stereocenters. The van der Waals surface area contributed by atoms with E-state index < -0.39 is 24.0 Å². The molecule has 0 spiro atoms. The topological polar surface area (TPSA) is 95.9 Å². The van der Waals surface area contributed by atoms with Crippen LogP contribution in [0.25, 0.3) is 11.1 Å². The van der Waals surface area contributed by atoms with E-state index in [-0.39, 0.29) is 24.5 Å². The number of hydrogen-bond donors (Lipinski definition) is 2. The number of nitrogens with zero attached hydrogens (tertiary/aromatic N) is 1. The maximum atomic E-state index is 13.2. The zero-order valence-corrected chi connectivity index (χ0v) is 19.1. The molecule has 7 heteroatoms. The predicted molar refractivity (Wildman–Crippen MR) is 126 cm³/mol. The Labute approximate surface area is 199 Å². The molecule has 2 N–H and O–H groups in total. The molecule has 3 atom stereocenters. The maximum absolute atomic E-state index is 13.2. The van der Waals surface area contributed by atoms with Crippen molar-refractivity contribution in [3.63, 3.8) is 0 Å². The molecule has 2 aromatic rings. The van der Waals surface area contributed by atoms with Crippen LogP contribution < -0.4 is 5.32 Å². The molecule has 2 fully saturated rings. The van der Waals surface area contributed by atoms with E-state index in [4.69, 9.17) is 4.74 Å². The molecule has 1 saturated carbocycles. The van der Waals surface area contributed by atoms with Crippen molar-refractivity contribution in [1.29, 1.82) is 0 Å². The normalized spacial score (nSPS) is 23.8. The lowest BCUT2D eigenvalue weighted by Crippen LogP contribution is -2.53. The van der Waals surface area contributed by atoms with E-state index in [1.165, 1.54) is 16.0 Å². The third-order valence-corrected chi connectivity index (χ3v) is 7.55. The van der Waals surface area contributed by atoms with Gasteiger partial charge in [-0.25, -0.2) is 9.59 Å². The summed E-state index contributed by atoms with van der Waals surface area (Å²) in [6.07, 6.45) is 3.73. The van der Waals surface area contributed by atoms with Gasteiger partial charge in [-0.05, 0) is 54.4 Å². The summed E-state index contributed by atoms with van der Waals surface area (Å²) in [5.74, 6) is -1.54. The Hall–Kier alpha value is -3.35. The number of alkyl carbamates (subject to hydrolysis) is 1. The van der Waals surface area contributed by atoms with Crippen LogP contribution in [0.4, 0.5) is 4.79 Å². The van der Waals surface area contributed by atoms with Crippen molar-refractivity contribution in [3.05, 3.63) is 59.7 Å². The van der Waals surface area contributed by atoms with Crippen LogP contribution in [0, 0.1) is 5.92 Å². The molecule has 1 heterocycles. The number of carboxylic acid groups (broad SMARTS) is 1. The highest BCUT2D eigenvalue weighted by atomic mass is 16.5. The highest BCUT2D eigenvalue weighted by Crippen LogP contribution is 2.44. The minimum atomic E-state index is -0.952. The summed E-state index contributed by atoms with van der Waals surface area (Å²) >= 11 is 0. The minimum absolute atomic E-state index is 0.0242. The Kier molecular flexibility index (Phi) is 6.26. The van der Waals surface area contributed by atoms with Crippen LogP contribution in [-0.2, 0) is 14.3 Å². The monoisotopic (exact) mass is 462 g/mol. The van der Waals surface area contributed by atoms with Gasteiger partial charge in [-0.3, -0.25) is 4.79 Å². The standard InChI is InChI=1S/C27H30N2O5/c30-25(29-15-6-5-14-24(29)26(31)32)21-12-7-13-23(21)28-27(33)34-16-22-19-10-3-1-8-17(19)18-9-2-4-11-20(18)22/h1-4,8-11,21-24H,5-7,12-16H2,(H,28,33)(H,31,32)/t21-,23+,24?/m1/s1. The molecule has 1 aliphatic heterocycles. The van der Waals surface area contributed by atoms with Gasteiger partial charge >= 0.3 is 12.1 Å². The molecule has 0 radical (unpaired) electrons. The van der Waals surface area contributed by atoms with Gasteiger partial charge in [-0.1, -0.05) is 55.0 Å². The van der Waals surface area contributed by atoms with E-state index in [9.17, 15) is 19.5 Å². The number of benzene rings is 2. The van der Waals surface area contributed by atoms with Crippen molar-refractivity contribution >= 4 is 18.0 Å². The molecule has 7 nitrogen and oxygen atoms in total. The number of amides is 2. The third-order valence-electron chi connectivity index (χ3n) is 7.55. The predicted octanol–water partition coefficient (Wildman–Crippen LogP) is 4.16. The fourth-order valence-corrected chi connectivity index (χ4v) is 5.88. The number of rotatable bonds is 5. The second-order valence-electron chi connectivity index (χ2n) is 9.50. The number of piperidine rings is 1. The van der Waals surface area contributed by atoms with Gasteiger partial charge in [0.2, 0.25) is 5.91 Å². The fourth-order valence-electron chi connectivity index (χ4n) is 5.88. The zero-order valence-electron chi connectivity index (χ0n) is 19.1. The van der Waals surface area contributed by atoms with Crippen LogP contribution in [-0.4, -0.2) is 53.2 Å². The summed E-state index contributed by atoms with van der Waals surface area (Å²) in [7, 11) is 0. The second kappa shape index (κ2) is 9.49. The summed E-state index contributed by atoms with van der Waals surface area (Å²) in [4.78, 5) is 39.1. The first-order chi connectivity index (χ1) is 16.5. The van der Waals surface area contributed by atoms with Crippen molar-refractivity contribution in [1.82, 2.24) is 10.2 Å². The van der Waals surface area contributed by atoms with Crippen molar-refractivity contribution in [3.8, 4) is 11.1 Å². The highest BCUT2D eigenvalue weighted by molar-refractivity contribution is 5.86. The Bertz CT molecular complexity index is 1050. The molecule has 3 aliphatic rings. The summed E-state index contributed by atoms with van der Waals surface area (Å²) in [6, 6.07) is 15.3. The molecule has 2 amide bonds. The van der Waals surface area contributed by atoms with E-state index >= 15 is 0 Å². The van der Waals surface area contributed by atoms with Crippen molar-refractivity contribution in [2.24, 2.45) is 5.92 Å². The van der Waals surface area contributed by atoms with Gasteiger partial charge in [0.15, 0.2) is 0 Å². The number of aliphatic carboxylic acids is 1. The number of hydrogen-bond acceptors (Lipinski definition) is 4. The Morgan fingerprint density at radius 3 is 2.26 bits per heavy atom. The SMILES string of the molecule is O=C(N[C@H]1CCC[C@H]1C(=O)N1CCCCC1C(=O)O)OCC1c2ccccc2-c2ccccc21. The largest absolute Gasteiger partial charge is 0.480 e. The summed E-state index contributed by atoms with van der Waals surface area (Å²) in [5, 5.41) is 12.5. The van der Waals surface area contributed by atoms with Crippen LogP contribution in [0.5, 0.6) is 0 Å². The van der Waals surface area contributed by atoms with Crippen molar-refractivity contribution < 1.29 is 24.2 Å². The molecular formula is C27H30N2O5. The van der Waals surface area contributed by atoms with Crippen molar-refractivity contribution in [2.75, 3.05) is 13.2 Å². The number of ether oxygens (including phenoxy) is 1. The second-order valence-corrected chi connectivity index (χ2v) is 9.50. The van der Waals surface area contributed by atoms with Gasteiger partial charge in [-0.15, -0.1) is 0 Å². The van der Waals surface area contributed by atoms with Crippen LogP contribution >= 0.6 is 0 Å². The number of carbonyl (C=O) groups is 3. The molecular weight excluding hydrogens is 432 g/mol. The first-order valence-corrected chi connectivity index (χ1v) is 12.2.